The number of hydrogen-bond acceptors (Lipinski definition) is 13. The van der Waals surface area contributed by atoms with Crippen molar-refractivity contribution in [1.29, 1.82) is 0 Å². The topological polar surface area (TPSA) is 209 Å². The highest BCUT2D eigenvalue weighted by Crippen LogP contribution is 2.15. The van der Waals surface area contributed by atoms with Gasteiger partial charge in [-0.05, 0) is 53.9 Å². The van der Waals surface area contributed by atoms with Crippen molar-refractivity contribution in [2.24, 2.45) is 22.5 Å². The van der Waals surface area contributed by atoms with Crippen LogP contribution in [0.5, 0.6) is 0 Å². The zero-order valence-electron chi connectivity index (χ0n) is 29.7. The molecule has 8 N–H and O–H groups in total. The number of Topliss-reactive ketones (excluding diaryl/α,β-unsaturated/α-hetero) is 1. The van der Waals surface area contributed by atoms with E-state index in [1.807, 2.05) is 27.7 Å². The zero-order chi connectivity index (χ0) is 35.2. The molecular formula is C30H66N8O7. The minimum atomic E-state index is -0.304. The number of likely N-dealkylation sites (tertiary alicyclic amines) is 2. The van der Waals surface area contributed by atoms with Crippen LogP contribution < -0.4 is 28.0 Å². The first kappa shape index (κ1) is 47.2. The molecule has 4 rings (SSSR count). The fourth-order valence-electron chi connectivity index (χ4n) is 4.26. The van der Waals surface area contributed by atoms with Crippen LogP contribution >= 0.6 is 0 Å². The van der Waals surface area contributed by atoms with E-state index < -0.39 is 0 Å². The average Bonchev–Trinajstić information content (AvgIpc) is 3.11. The van der Waals surface area contributed by atoms with Crippen LogP contribution in [0.3, 0.4) is 0 Å². The number of ether oxygens (including phenoxy) is 2. The van der Waals surface area contributed by atoms with E-state index in [2.05, 4.69) is 32.1 Å². The van der Waals surface area contributed by atoms with E-state index in [1.165, 1.54) is 25.4 Å². The molecule has 0 saturated carbocycles. The van der Waals surface area contributed by atoms with Gasteiger partial charge in [0.1, 0.15) is 0 Å². The summed E-state index contributed by atoms with van der Waals surface area (Å²) < 4.78 is 10.5. The molecule has 15 heteroatoms. The minimum absolute atomic E-state index is 0.00657. The molecule has 2 amide bonds. The number of ketones is 1. The van der Waals surface area contributed by atoms with Crippen LogP contribution in [0, 0.1) is 0 Å². The molecular weight excluding hydrogens is 584 g/mol. The van der Waals surface area contributed by atoms with Gasteiger partial charge in [0, 0.05) is 46.4 Å². The minimum Gasteiger partial charge on any atom is -0.364 e. The van der Waals surface area contributed by atoms with E-state index in [1.54, 1.807) is 33.1 Å². The number of carbonyl (C=O) groups excluding carboxylic acids is 3. The number of oxime groups is 1. The van der Waals surface area contributed by atoms with Crippen molar-refractivity contribution in [3.63, 3.8) is 0 Å². The summed E-state index contributed by atoms with van der Waals surface area (Å²) in [6.45, 7) is 10.3. The van der Waals surface area contributed by atoms with Crippen LogP contribution in [0.1, 0.15) is 79.1 Å². The second kappa shape index (κ2) is 31.7. The highest BCUT2D eigenvalue weighted by Gasteiger charge is 2.30. The molecule has 45 heavy (non-hydrogen) atoms. The lowest BCUT2D eigenvalue weighted by Gasteiger charge is -2.30. The molecule has 4 heterocycles. The van der Waals surface area contributed by atoms with E-state index >= 15 is 0 Å². The number of nitrogens with one attached hydrogen (secondary N) is 2. The fourth-order valence-corrected chi connectivity index (χ4v) is 4.26. The third-order valence-electron chi connectivity index (χ3n) is 6.48. The predicted octanol–water partition coefficient (Wildman–Crippen LogP) is 0.947. The smallest absolute Gasteiger partial charge is 0.240 e. The van der Waals surface area contributed by atoms with Crippen molar-refractivity contribution in [3.8, 4) is 0 Å². The van der Waals surface area contributed by atoms with Gasteiger partial charge in [0.15, 0.2) is 12.1 Å². The van der Waals surface area contributed by atoms with Crippen molar-refractivity contribution in [3.05, 3.63) is 0 Å². The number of likely N-dealkylation sites (N-methyl/N-ethyl adjacent to an activating group) is 4. The van der Waals surface area contributed by atoms with Gasteiger partial charge in [-0.15, -0.1) is 0 Å². The Morgan fingerprint density at radius 1 is 0.733 bits per heavy atom. The summed E-state index contributed by atoms with van der Waals surface area (Å²) in [5, 5.41) is 9.94. The molecule has 0 aliphatic carbocycles. The van der Waals surface area contributed by atoms with Gasteiger partial charge < -0.3 is 46.2 Å². The molecule has 0 spiro atoms. The Bertz CT molecular complexity index is 765. The summed E-state index contributed by atoms with van der Waals surface area (Å²) in [5.41, 5.74) is 9.88. The largest absolute Gasteiger partial charge is 0.364 e. The number of piperidine rings is 2. The Morgan fingerprint density at radius 3 is 1.58 bits per heavy atom. The lowest BCUT2D eigenvalue weighted by molar-refractivity contribution is -0.164. The van der Waals surface area contributed by atoms with Crippen LogP contribution in [0.4, 0.5) is 0 Å². The SMILES string of the molecule is CC.CC.CN.CN.CN[C@H]1CC(=NOC2CCCCO2)CN(C)C1=O.CN[C@H]1CC(=O)CN(C)C1=O.NOC1CCCCO1. The lowest BCUT2D eigenvalue weighted by Crippen LogP contribution is -2.51. The van der Waals surface area contributed by atoms with Crippen LogP contribution in [0.2, 0.25) is 0 Å². The fraction of sp³-hybridized carbons (Fsp3) is 0.867. The molecule has 0 bridgehead atoms. The van der Waals surface area contributed by atoms with E-state index in [9.17, 15) is 14.4 Å². The number of carbonyl (C=O) groups is 3. The Kier molecular flexibility index (Phi) is 33.3. The summed E-state index contributed by atoms with van der Waals surface area (Å²) in [6.07, 6.45) is 6.93. The maximum Gasteiger partial charge on any atom is 0.240 e. The van der Waals surface area contributed by atoms with Gasteiger partial charge >= 0.3 is 0 Å². The molecule has 0 aromatic carbocycles. The summed E-state index contributed by atoms with van der Waals surface area (Å²) in [5.74, 6) is 5.10. The third-order valence-corrected chi connectivity index (χ3v) is 6.48. The second-order valence-electron chi connectivity index (χ2n) is 9.51. The van der Waals surface area contributed by atoms with Crippen molar-refractivity contribution in [2.45, 2.75) is 104 Å². The molecule has 15 nitrogen and oxygen atoms in total. The van der Waals surface area contributed by atoms with E-state index in [0.29, 0.717) is 19.4 Å². The van der Waals surface area contributed by atoms with Gasteiger partial charge in [0.2, 0.25) is 18.1 Å². The monoisotopic (exact) mass is 651 g/mol. The predicted molar refractivity (Wildman–Crippen MR) is 179 cm³/mol. The Labute approximate surface area is 272 Å². The maximum atomic E-state index is 11.8. The summed E-state index contributed by atoms with van der Waals surface area (Å²) in [7, 11) is 9.89. The first-order valence-electron chi connectivity index (χ1n) is 16.1. The molecule has 4 atom stereocenters. The number of rotatable bonds is 5. The standard InChI is InChI=1S/C12H21N3O3.C7H12N2O2.C5H11NO2.2C2H6.2CH5N/c1-13-10-7-9(8-15(2)12(10)16)14-18-11-5-3-4-6-17-11;1-8-6-3-5(10)4-9(2)7(6)11;6-8-5-3-1-2-4-7-5;4*1-2/h10-11,13H,3-8H2,1-2H3;6,8H,3-4H2,1-2H3;5H,1-4,6H2;2*1-2H3;2*2H2,1H3/t10-,11?;6-;;;;;/m00...../s1. The highest BCUT2D eigenvalue weighted by atomic mass is 16.8. The third kappa shape index (κ3) is 20.5. The van der Waals surface area contributed by atoms with Gasteiger partial charge in [-0.25, -0.2) is 5.90 Å². The molecule has 2 unspecified atom stereocenters. The van der Waals surface area contributed by atoms with Crippen LogP contribution in [-0.4, -0.2) is 126 Å². The van der Waals surface area contributed by atoms with Crippen molar-refractivity contribution >= 4 is 23.3 Å². The van der Waals surface area contributed by atoms with Crippen molar-refractivity contribution in [1.82, 2.24) is 20.4 Å². The molecule has 0 aromatic rings. The summed E-state index contributed by atoms with van der Waals surface area (Å²) in [6, 6.07) is -0.500. The summed E-state index contributed by atoms with van der Waals surface area (Å²) >= 11 is 0. The average molecular weight is 651 g/mol. The molecule has 0 radical (unpaired) electrons. The zero-order valence-corrected chi connectivity index (χ0v) is 29.7. The van der Waals surface area contributed by atoms with Gasteiger partial charge in [-0.2, -0.15) is 0 Å². The molecule has 4 fully saturated rings. The van der Waals surface area contributed by atoms with Crippen LogP contribution in [-0.2, 0) is 33.5 Å². The molecule has 268 valence electrons. The summed E-state index contributed by atoms with van der Waals surface area (Å²) in [4.78, 5) is 46.9. The number of hydrogen-bond donors (Lipinski definition) is 5. The molecule has 4 aliphatic rings. The molecule has 0 aromatic heterocycles. The Hall–Kier alpha value is -2.24. The van der Waals surface area contributed by atoms with Crippen molar-refractivity contribution < 1.29 is 33.5 Å². The number of nitrogens with two attached hydrogens (primary N) is 3. The molecule has 4 aliphatic heterocycles. The number of nitrogens with zero attached hydrogens (tertiary/aromatic N) is 3. The van der Waals surface area contributed by atoms with Crippen molar-refractivity contribution in [2.75, 3.05) is 68.6 Å². The first-order chi connectivity index (χ1) is 21.8. The van der Waals surface area contributed by atoms with Gasteiger partial charge in [0.05, 0.1) is 37.5 Å². The van der Waals surface area contributed by atoms with Gasteiger partial charge in [0.25, 0.3) is 0 Å². The normalized spacial score (nSPS) is 25.0. The highest BCUT2D eigenvalue weighted by molar-refractivity contribution is 5.98. The van der Waals surface area contributed by atoms with Crippen LogP contribution in [0.15, 0.2) is 5.16 Å². The van der Waals surface area contributed by atoms with Gasteiger partial charge in [-0.1, -0.05) is 32.9 Å². The Balaban J connectivity index is -0.000000561. The number of amides is 2. The quantitative estimate of drug-likeness (QED) is 0.264. The Morgan fingerprint density at radius 2 is 1.18 bits per heavy atom. The van der Waals surface area contributed by atoms with E-state index in [-0.39, 0.29) is 48.8 Å². The second-order valence-corrected chi connectivity index (χ2v) is 9.51. The van der Waals surface area contributed by atoms with E-state index in [4.69, 9.17) is 20.2 Å². The van der Waals surface area contributed by atoms with Gasteiger partial charge in [-0.3, -0.25) is 19.2 Å². The van der Waals surface area contributed by atoms with Crippen LogP contribution in [0.25, 0.3) is 0 Å². The maximum absolute atomic E-state index is 11.8. The first-order valence-corrected chi connectivity index (χ1v) is 16.1. The van der Waals surface area contributed by atoms with E-state index in [0.717, 1.165) is 51.0 Å². The molecule has 4 saturated heterocycles. The lowest BCUT2D eigenvalue weighted by atomic mass is 10.0.